The molecule has 1 saturated carbocycles. The summed E-state index contributed by atoms with van der Waals surface area (Å²) < 4.78 is 0. The molecule has 2 rings (SSSR count). The minimum absolute atomic E-state index is 0.351. The van der Waals surface area contributed by atoms with Gasteiger partial charge in [0.2, 0.25) is 0 Å². The molecule has 2 heteroatoms. The number of nitrogens with two attached hydrogens (primary N) is 1. The first-order valence-electron chi connectivity index (χ1n) is 6.40. The van der Waals surface area contributed by atoms with Crippen molar-refractivity contribution >= 4 is 0 Å². The van der Waals surface area contributed by atoms with E-state index in [9.17, 15) is 0 Å². The quantitative estimate of drug-likeness (QED) is 0.589. The minimum Gasteiger partial charge on any atom is -0.271 e. The third kappa shape index (κ3) is 2.45. The van der Waals surface area contributed by atoms with Crippen LogP contribution in [0.3, 0.4) is 0 Å². The number of nitrogens with one attached hydrogen (secondary N) is 1. The van der Waals surface area contributed by atoms with Gasteiger partial charge < -0.3 is 0 Å². The van der Waals surface area contributed by atoms with E-state index in [4.69, 9.17) is 5.84 Å². The first-order chi connectivity index (χ1) is 7.85. The maximum Gasteiger partial charge on any atom is 0.0488 e. The fourth-order valence-electron chi connectivity index (χ4n) is 2.46. The van der Waals surface area contributed by atoms with Crippen LogP contribution in [0.2, 0.25) is 0 Å². The lowest BCUT2D eigenvalue weighted by Crippen LogP contribution is -2.36. The molecule has 0 radical (unpaired) electrons. The Bertz CT molecular complexity index is 314. The zero-order chi connectivity index (χ0) is 11.4. The molecule has 0 bridgehead atoms. The highest BCUT2D eigenvalue weighted by Crippen LogP contribution is 2.37. The zero-order valence-corrected chi connectivity index (χ0v) is 10.1. The van der Waals surface area contributed by atoms with Gasteiger partial charge in [-0.15, -0.1) is 0 Å². The Hall–Kier alpha value is -0.860. The van der Waals surface area contributed by atoms with E-state index in [1.165, 1.54) is 43.2 Å². The lowest BCUT2D eigenvalue weighted by Gasteiger charge is -2.33. The summed E-state index contributed by atoms with van der Waals surface area (Å²) in [5.41, 5.74) is 5.74. The van der Waals surface area contributed by atoms with Gasteiger partial charge in [0.15, 0.2) is 0 Å². The van der Waals surface area contributed by atoms with Crippen LogP contribution in [0, 0.1) is 5.92 Å². The summed E-state index contributed by atoms with van der Waals surface area (Å²) in [6, 6.07) is 9.29. The molecule has 16 heavy (non-hydrogen) atoms. The van der Waals surface area contributed by atoms with Crippen molar-refractivity contribution < 1.29 is 0 Å². The van der Waals surface area contributed by atoms with E-state index in [1.807, 2.05) is 0 Å². The zero-order valence-electron chi connectivity index (χ0n) is 10.1. The van der Waals surface area contributed by atoms with Gasteiger partial charge in [-0.3, -0.25) is 11.3 Å². The van der Waals surface area contributed by atoms with Crippen molar-refractivity contribution in [2.75, 3.05) is 0 Å². The van der Waals surface area contributed by atoms with Crippen molar-refractivity contribution in [3.63, 3.8) is 0 Å². The van der Waals surface area contributed by atoms with Crippen LogP contribution in [0.1, 0.15) is 49.8 Å². The first-order valence-corrected chi connectivity index (χ1v) is 6.40. The second-order valence-electron chi connectivity index (χ2n) is 4.83. The molecule has 1 atom stereocenters. The predicted molar refractivity (Wildman–Crippen MR) is 67.8 cm³/mol. The molecular formula is C14H22N2. The number of hydrogen-bond donors (Lipinski definition) is 2. The Morgan fingerprint density at radius 1 is 1.31 bits per heavy atom. The maximum atomic E-state index is 5.66. The van der Waals surface area contributed by atoms with Crippen molar-refractivity contribution in [2.45, 2.75) is 45.1 Å². The first kappa shape index (κ1) is 11.6. The van der Waals surface area contributed by atoms with Gasteiger partial charge in [-0.05, 0) is 36.3 Å². The summed E-state index contributed by atoms with van der Waals surface area (Å²) in [4.78, 5) is 0. The van der Waals surface area contributed by atoms with Gasteiger partial charge in [0, 0.05) is 6.04 Å². The van der Waals surface area contributed by atoms with Crippen LogP contribution in [0.5, 0.6) is 0 Å². The molecular weight excluding hydrogens is 196 g/mol. The summed E-state index contributed by atoms with van der Waals surface area (Å²) in [7, 11) is 0. The van der Waals surface area contributed by atoms with Crippen LogP contribution in [0.15, 0.2) is 24.3 Å². The molecule has 0 saturated heterocycles. The van der Waals surface area contributed by atoms with E-state index >= 15 is 0 Å². The average Bonchev–Trinajstić information content (AvgIpc) is 2.25. The summed E-state index contributed by atoms with van der Waals surface area (Å²) >= 11 is 0. The minimum atomic E-state index is 0.351. The standard InChI is InChI=1S/C14H22N2/c1-2-4-11-7-9-13(10-8-11)14(16-15)12-5-3-6-12/h7-10,12,14,16H,2-6,15H2,1H3. The molecule has 0 aliphatic heterocycles. The Morgan fingerprint density at radius 2 is 2.00 bits per heavy atom. The van der Waals surface area contributed by atoms with Crippen molar-refractivity contribution in [1.82, 2.24) is 5.43 Å². The summed E-state index contributed by atoms with van der Waals surface area (Å²) in [5.74, 6) is 6.40. The van der Waals surface area contributed by atoms with Gasteiger partial charge in [0.1, 0.15) is 0 Å². The lowest BCUT2D eigenvalue weighted by molar-refractivity contribution is 0.232. The Morgan fingerprint density at radius 3 is 2.44 bits per heavy atom. The molecule has 3 N–H and O–H groups in total. The highest BCUT2D eigenvalue weighted by atomic mass is 15.2. The van der Waals surface area contributed by atoms with Gasteiger partial charge in [-0.2, -0.15) is 0 Å². The third-order valence-corrected chi connectivity index (χ3v) is 3.68. The maximum absolute atomic E-state index is 5.66. The van der Waals surface area contributed by atoms with Crippen LogP contribution in [0.4, 0.5) is 0 Å². The van der Waals surface area contributed by atoms with Gasteiger partial charge in [0.05, 0.1) is 0 Å². The summed E-state index contributed by atoms with van der Waals surface area (Å²) in [6.07, 6.45) is 6.36. The van der Waals surface area contributed by atoms with Crippen molar-refractivity contribution in [3.8, 4) is 0 Å². The van der Waals surface area contributed by atoms with E-state index in [0.29, 0.717) is 6.04 Å². The van der Waals surface area contributed by atoms with Crippen LogP contribution in [0.25, 0.3) is 0 Å². The lowest BCUT2D eigenvalue weighted by atomic mass is 9.77. The van der Waals surface area contributed by atoms with Gasteiger partial charge in [-0.1, -0.05) is 44.0 Å². The van der Waals surface area contributed by atoms with E-state index in [1.54, 1.807) is 0 Å². The Kier molecular flexibility index (Phi) is 3.97. The van der Waals surface area contributed by atoms with Gasteiger partial charge in [0.25, 0.3) is 0 Å². The van der Waals surface area contributed by atoms with Crippen molar-refractivity contribution in [2.24, 2.45) is 11.8 Å². The molecule has 0 aromatic heterocycles. The molecule has 2 nitrogen and oxygen atoms in total. The Balaban J connectivity index is 2.06. The molecule has 1 aromatic carbocycles. The average molecular weight is 218 g/mol. The molecule has 0 spiro atoms. The summed E-state index contributed by atoms with van der Waals surface area (Å²) in [5, 5.41) is 0. The SMILES string of the molecule is CCCc1ccc(C(NN)C2CCC2)cc1. The summed E-state index contributed by atoms with van der Waals surface area (Å²) in [6.45, 7) is 2.21. The largest absolute Gasteiger partial charge is 0.271 e. The number of aryl methyl sites for hydroxylation is 1. The predicted octanol–water partition coefficient (Wildman–Crippen LogP) is 2.94. The van der Waals surface area contributed by atoms with Crippen molar-refractivity contribution in [1.29, 1.82) is 0 Å². The number of hydrogen-bond acceptors (Lipinski definition) is 2. The number of hydrazine groups is 1. The van der Waals surface area contributed by atoms with E-state index in [-0.39, 0.29) is 0 Å². The van der Waals surface area contributed by atoms with Crippen LogP contribution >= 0.6 is 0 Å². The molecule has 0 heterocycles. The normalized spacial score (nSPS) is 18.1. The fourth-order valence-corrected chi connectivity index (χ4v) is 2.46. The topological polar surface area (TPSA) is 38.0 Å². The fraction of sp³-hybridized carbons (Fsp3) is 0.571. The smallest absolute Gasteiger partial charge is 0.0488 e. The van der Waals surface area contributed by atoms with Crippen LogP contribution in [-0.2, 0) is 6.42 Å². The highest BCUT2D eigenvalue weighted by molar-refractivity contribution is 5.26. The van der Waals surface area contributed by atoms with Crippen molar-refractivity contribution in [3.05, 3.63) is 35.4 Å². The molecule has 1 unspecified atom stereocenters. The third-order valence-electron chi connectivity index (χ3n) is 3.68. The molecule has 1 aromatic rings. The number of benzene rings is 1. The van der Waals surface area contributed by atoms with Gasteiger partial charge in [-0.25, -0.2) is 0 Å². The molecule has 1 fully saturated rings. The molecule has 1 aliphatic rings. The molecule has 88 valence electrons. The molecule has 1 aliphatic carbocycles. The number of rotatable bonds is 5. The Labute approximate surface area is 98.2 Å². The van der Waals surface area contributed by atoms with E-state index in [0.717, 1.165) is 5.92 Å². The van der Waals surface area contributed by atoms with E-state index in [2.05, 4.69) is 36.6 Å². The monoisotopic (exact) mass is 218 g/mol. The second kappa shape index (κ2) is 5.46. The van der Waals surface area contributed by atoms with Crippen LogP contribution in [-0.4, -0.2) is 0 Å². The van der Waals surface area contributed by atoms with Gasteiger partial charge >= 0.3 is 0 Å². The van der Waals surface area contributed by atoms with Crippen LogP contribution < -0.4 is 11.3 Å². The molecule has 0 amide bonds. The van der Waals surface area contributed by atoms with E-state index < -0.39 is 0 Å². The highest BCUT2D eigenvalue weighted by Gasteiger charge is 2.27. The second-order valence-corrected chi connectivity index (χ2v) is 4.83.